The van der Waals surface area contributed by atoms with Gasteiger partial charge in [-0.25, -0.2) is 4.68 Å². The highest BCUT2D eigenvalue weighted by Crippen LogP contribution is 2.34. The summed E-state index contributed by atoms with van der Waals surface area (Å²) in [4.78, 5) is 11.6. The third-order valence-electron chi connectivity index (χ3n) is 2.99. The molecule has 0 saturated heterocycles. The molecule has 0 radical (unpaired) electrons. The number of anilines is 1. The van der Waals surface area contributed by atoms with Gasteiger partial charge in [0.25, 0.3) is 0 Å². The lowest BCUT2D eigenvalue weighted by atomic mass is 9.88. The summed E-state index contributed by atoms with van der Waals surface area (Å²) >= 11 is 0. The number of hydrogen-bond acceptors (Lipinski definition) is 4. The minimum Gasteiger partial charge on any atom is -0.367 e. The van der Waals surface area contributed by atoms with Crippen molar-refractivity contribution >= 4 is 17.4 Å². The van der Waals surface area contributed by atoms with Gasteiger partial charge in [-0.05, 0) is 6.92 Å². The van der Waals surface area contributed by atoms with Gasteiger partial charge in [0.1, 0.15) is 0 Å². The molecule has 1 amide bonds. The lowest BCUT2D eigenvalue weighted by Gasteiger charge is -2.33. The first-order valence-corrected chi connectivity index (χ1v) is 6.08. The van der Waals surface area contributed by atoms with Crippen LogP contribution < -0.4 is 5.01 Å². The largest absolute Gasteiger partial charge is 0.367 e. The Labute approximate surface area is 114 Å². The average Bonchev–Trinajstić information content (AvgIpc) is 2.70. The van der Waals surface area contributed by atoms with Gasteiger partial charge in [-0.1, -0.05) is 20.8 Å². The summed E-state index contributed by atoms with van der Waals surface area (Å²) in [6, 6.07) is 0. The number of rotatable bonds is 1. The van der Waals surface area contributed by atoms with Crippen LogP contribution in [0.5, 0.6) is 0 Å². The van der Waals surface area contributed by atoms with Crippen LogP contribution in [0.1, 0.15) is 32.6 Å². The number of aliphatic hydroxyl groups excluding tert-OH is 1. The smallest absolute Gasteiger partial charge is 0.317 e. The average molecular weight is 286 g/mol. The maximum atomic E-state index is 12.7. The van der Waals surface area contributed by atoms with Crippen LogP contribution in [0.4, 0.5) is 14.6 Å². The van der Waals surface area contributed by atoms with Crippen molar-refractivity contribution in [2.45, 2.75) is 40.3 Å². The van der Waals surface area contributed by atoms with Crippen molar-refractivity contribution in [3.8, 4) is 0 Å². The summed E-state index contributed by atoms with van der Waals surface area (Å²) in [6.07, 6.45) is -2.97. The van der Waals surface area contributed by atoms with E-state index in [1.54, 1.807) is 27.7 Å². The second-order valence-electron chi connectivity index (χ2n) is 5.66. The fourth-order valence-corrected chi connectivity index (χ4v) is 1.99. The van der Waals surface area contributed by atoms with E-state index in [0.717, 1.165) is 4.68 Å². The molecule has 1 aliphatic rings. The lowest BCUT2D eigenvalue weighted by Crippen LogP contribution is -2.43. The number of aromatic nitrogens is 2. The van der Waals surface area contributed by atoms with Gasteiger partial charge in [0.05, 0.1) is 11.9 Å². The van der Waals surface area contributed by atoms with Crippen LogP contribution in [0.25, 0.3) is 0 Å². The molecule has 0 aliphatic carbocycles. The highest BCUT2D eigenvalue weighted by molar-refractivity contribution is 6.02. The number of aliphatic hydroxyl groups is 1. The molecule has 1 aliphatic heterocycles. The van der Waals surface area contributed by atoms with Crippen molar-refractivity contribution in [3.05, 3.63) is 11.8 Å². The van der Waals surface area contributed by atoms with E-state index in [2.05, 4.69) is 10.2 Å². The van der Waals surface area contributed by atoms with Crippen LogP contribution in [-0.4, -0.2) is 32.9 Å². The van der Waals surface area contributed by atoms with E-state index in [0.29, 0.717) is 10.6 Å². The van der Waals surface area contributed by atoms with Gasteiger partial charge in [0.2, 0.25) is 0 Å². The van der Waals surface area contributed by atoms with Crippen LogP contribution in [0.2, 0.25) is 0 Å². The summed E-state index contributed by atoms with van der Waals surface area (Å²) in [5.41, 5.74) is 0.0781. The van der Waals surface area contributed by atoms with E-state index in [4.69, 9.17) is 0 Å². The van der Waals surface area contributed by atoms with E-state index in [1.165, 1.54) is 6.20 Å². The summed E-state index contributed by atoms with van der Waals surface area (Å²) in [7, 11) is 0. The Morgan fingerprint density at radius 2 is 2.05 bits per heavy atom. The number of halogens is 2. The number of hydrogen-bond donors (Lipinski definition) is 1. The second kappa shape index (κ2) is 4.62. The number of aryl methyl sites for hydroxylation is 1. The Balaban J connectivity index is 2.60. The number of fused-ring (bicyclic) bond motifs is 1. The number of hydrazone groups is 1. The Hall–Kier alpha value is -1.83. The van der Waals surface area contributed by atoms with Gasteiger partial charge in [0, 0.05) is 11.0 Å². The molecule has 110 valence electrons. The van der Waals surface area contributed by atoms with Crippen LogP contribution in [-0.2, 0) is 4.79 Å². The molecule has 0 fully saturated rings. The van der Waals surface area contributed by atoms with Crippen molar-refractivity contribution in [1.29, 1.82) is 0 Å². The standard InChI is InChI=1S/C12H16F2N4O2/c1-6-5-15-17-9(6)18(11(20)8(13)14)16-7(10(17)19)12(2,3)4/h5,8,10,19H,1-4H3. The van der Waals surface area contributed by atoms with Gasteiger partial charge >= 0.3 is 12.3 Å². The predicted octanol–water partition coefficient (Wildman–Crippen LogP) is 1.70. The number of carbonyl (C=O) groups is 1. The normalized spacial score (nSPS) is 19.1. The zero-order valence-corrected chi connectivity index (χ0v) is 11.6. The zero-order valence-electron chi connectivity index (χ0n) is 11.6. The molecule has 0 bridgehead atoms. The number of nitrogens with zero attached hydrogens (tertiary/aromatic N) is 4. The first kappa shape index (κ1) is 14.6. The molecule has 0 saturated carbocycles. The molecular weight excluding hydrogens is 270 g/mol. The van der Waals surface area contributed by atoms with E-state index in [9.17, 15) is 18.7 Å². The first-order chi connectivity index (χ1) is 9.14. The van der Waals surface area contributed by atoms with Gasteiger partial charge in [-0.3, -0.25) is 4.79 Å². The molecule has 0 spiro atoms. The molecule has 1 unspecified atom stereocenters. The SMILES string of the molecule is Cc1cnn2c1N(C(=O)C(F)F)N=C(C(C)(C)C)C2O. The Kier molecular flexibility index (Phi) is 3.37. The van der Waals surface area contributed by atoms with Gasteiger partial charge in [-0.2, -0.15) is 24.0 Å². The van der Waals surface area contributed by atoms with Crippen LogP contribution in [0, 0.1) is 12.3 Å². The lowest BCUT2D eigenvalue weighted by molar-refractivity contribution is -0.129. The molecule has 1 N–H and O–H groups in total. The van der Waals surface area contributed by atoms with Gasteiger partial charge in [0.15, 0.2) is 12.0 Å². The summed E-state index contributed by atoms with van der Waals surface area (Å²) < 4.78 is 26.6. The van der Waals surface area contributed by atoms with Gasteiger partial charge < -0.3 is 5.11 Å². The quantitative estimate of drug-likeness (QED) is 0.854. The third kappa shape index (κ3) is 2.20. The fraction of sp³-hybridized carbons (Fsp3) is 0.583. The molecule has 2 rings (SSSR count). The summed E-state index contributed by atoms with van der Waals surface area (Å²) in [5, 5.41) is 18.8. The maximum Gasteiger partial charge on any atom is 0.317 e. The molecule has 1 aromatic rings. The monoisotopic (exact) mass is 286 g/mol. The Morgan fingerprint density at radius 3 is 2.55 bits per heavy atom. The van der Waals surface area contributed by atoms with E-state index >= 15 is 0 Å². The van der Waals surface area contributed by atoms with Gasteiger partial charge in [-0.15, -0.1) is 0 Å². The number of amides is 1. The van der Waals surface area contributed by atoms with Crippen molar-refractivity contribution < 1.29 is 18.7 Å². The molecule has 1 aromatic heterocycles. The third-order valence-corrected chi connectivity index (χ3v) is 2.99. The van der Waals surface area contributed by atoms with Crippen LogP contribution >= 0.6 is 0 Å². The molecule has 2 heterocycles. The van der Waals surface area contributed by atoms with E-state index in [1.807, 2.05) is 0 Å². The zero-order chi connectivity index (χ0) is 15.2. The van der Waals surface area contributed by atoms with Crippen LogP contribution in [0.3, 0.4) is 0 Å². The summed E-state index contributed by atoms with van der Waals surface area (Å²) in [6.45, 7) is 6.90. The van der Waals surface area contributed by atoms with Crippen molar-refractivity contribution in [2.75, 3.05) is 5.01 Å². The number of carbonyl (C=O) groups excluding carboxylic acids is 1. The molecular formula is C12H16F2N4O2. The van der Waals surface area contributed by atoms with Crippen molar-refractivity contribution in [1.82, 2.24) is 9.78 Å². The minimum atomic E-state index is -3.18. The molecule has 20 heavy (non-hydrogen) atoms. The molecule has 1 atom stereocenters. The predicted molar refractivity (Wildman–Crippen MR) is 68.6 cm³/mol. The minimum absolute atomic E-state index is 0.0656. The van der Waals surface area contributed by atoms with E-state index < -0.39 is 24.0 Å². The highest BCUT2D eigenvalue weighted by Gasteiger charge is 2.39. The van der Waals surface area contributed by atoms with Crippen molar-refractivity contribution in [3.63, 3.8) is 0 Å². The maximum absolute atomic E-state index is 12.7. The number of alkyl halides is 2. The Morgan fingerprint density at radius 1 is 1.45 bits per heavy atom. The van der Waals surface area contributed by atoms with Crippen molar-refractivity contribution in [2.24, 2.45) is 10.5 Å². The van der Waals surface area contributed by atoms with E-state index in [-0.39, 0.29) is 11.5 Å². The Bertz CT molecular complexity index is 575. The summed E-state index contributed by atoms with van der Waals surface area (Å²) in [5.74, 6) is -1.38. The molecule has 8 heteroatoms. The first-order valence-electron chi connectivity index (χ1n) is 6.08. The topological polar surface area (TPSA) is 70.7 Å². The molecule has 6 nitrogen and oxygen atoms in total. The molecule has 0 aromatic carbocycles. The second-order valence-corrected chi connectivity index (χ2v) is 5.66. The fourth-order valence-electron chi connectivity index (χ4n) is 1.99. The van der Waals surface area contributed by atoms with Crippen LogP contribution in [0.15, 0.2) is 11.3 Å². The highest BCUT2D eigenvalue weighted by atomic mass is 19.3.